The summed E-state index contributed by atoms with van der Waals surface area (Å²) in [6.07, 6.45) is 3.66. The second kappa shape index (κ2) is 5.93. The Bertz CT molecular complexity index is 548. The van der Waals surface area contributed by atoms with Crippen LogP contribution in [0.15, 0.2) is 24.2 Å². The fourth-order valence-electron chi connectivity index (χ4n) is 2.77. The van der Waals surface area contributed by atoms with Crippen LogP contribution in [0.3, 0.4) is 0 Å². The normalized spacial score (nSPS) is 24.2. The molecule has 0 heterocycles. The summed E-state index contributed by atoms with van der Waals surface area (Å²) in [7, 11) is 3.23. The predicted octanol–water partition coefficient (Wildman–Crippen LogP) is 2.73. The Morgan fingerprint density at radius 1 is 1.32 bits per heavy atom. The Labute approximate surface area is 121 Å². The highest BCUT2D eigenvalue weighted by molar-refractivity contribution is 5.30. The maximum atomic E-state index is 11.2. The molecule has 0 radical (unpaired) electrons. The number of rotatable bonds is 4. The highest BCUT2D eigenvalue weighted by Gasteiger charge is 2.38. The number of hydrogen-bond acceptors (Lipinski definition) is 3. The van der Waals surface area contributed by atoms with E-state index in [1.165, 1.54) is 17.0 Å². The summed E-state index contributed by atoms with van der Waals surface area (Å²) in [6, 6.07) is 2.30. The maximum Gasteiger partial charge on any atom is 0.115 e. The first kappa shape index (κ1) is 9.78. The van der Waals surface area contributed by atoms with Gasteiger partial charge < -0.3 is 15.1 Å². The number of likely N-dealkylation sites (N-methyl/N-ethyl adjacent to an activating group) is 1. The molecule has 0 bridgehead atoms. The van der Waals surface area contributed by atoms with Gasteiger partial charge >= 0.3 is 0 Å². The number of hydrogen-bond donors (Lipinski definition) is 2. The molecular formula is C16H25NO2. The van der Waals surface area contributed by atoms with Gasteiger partial charge in [0.2, 0.25) is 0 Å². The van der Waals surface area contributed by atoms with E-state index in [-0.39, 0.29) is 12.1 Å². The van der Waals surface area contributed by atoms with Gasteiger partial charge in [0.15, 0.2) is 0 Å². The molecular weight excluding hydrogens is 238 g/mol. The number of phenolic OH excluding ortho intramolecular Hbond substituents is 1. The van der Waals surface area contributed by atoms with E-state index in [1.807, 2.05) is 0 Å². The van der Waals surface area contributed by atoms with Crippen molar-refractivity contribution in [2.24, 2.45) is 0 Å². The van der Waals surface area contributed by atoms with Crippen LogP contribution in [0, 0.1) is 0 Å². The van der Waals surface area contributed by atoms with Crippen LogP contribution in [0.1, 0.15) is 49.1 Å². The summed E-state index contributed by atoms with van der Waals surface area (Å²) in [4.78, 5) is 1.42. The van der Waals surface area contributed by atoms with Gasteiger partial charge in [0, 0.05) is 15.2 Å². The van der Waals surface area contributed by atoms with Crippen LogP contribution in [-0.2, 0) is 0 Å². The topological polar surface area (TPSA) is 43.7 Å². The average molecular weight is 267 g/mol. The van der Waals surface area contributed by atoms with Crippen molar-refractivity contribution in [3.8, 4) is 5.75 Å². The number of benzene rings is 1. The van der Waals surface area contributed by atoms with Crippen molar-refractivity contribution in [2.45, 2.75) is 43.6 Å². The fraction of sp³-hybridized carbons (Fsp3) is 0.625. The highest BCUT2D eigenvalue weighted by Crippen LogP contribution is 2.40. The van der Waals surface area contributed by atoms with Crippen LogP contribution in [0.25, 0.3) is 0 Å². The molecule has 19 heavy (non-hydrogen) atoms. The van der Waals surface area contributed by atoms with E-state index in [9.17, 15) is 10.2 Å². The van der Waals surface area contributed by atoms with Crippen molar-refractivity contribution < 1.29 is 15.7 Å². The van der Waals surface area contributed by atoms with Gasteiger partial charge in [0.1, 0.15) is 5.75 Å². The maximum absolute atomic E-state index is 11.2. The van der Waals surface area contributed by atoms with Crippen LogP contribution in [0.4, 0.5) is 0 Å². The van der Waals surface area contributed by atoms with Gasteiger partial charge in [-0.25, -0.2) is 0 Å². The first-order chi connectivity index (χ1) is 10.6. The summed E-state index contributed by atoms with van der Waals surface area (Å²) in [5, 5.41) is 20.8. The summed E-state index contributed by atoms with van der Waals surface area (Å²) >= 11 is 0. The Morgan fingerprint density at radius 2 is 1.89 bits per heavy atom. The molecule has 1 aliphatic carbocycles. The molecule has 3 heteroatoms. The number of nitrogens with zero attached hydrogens (tertiary/aromatic N) is 1. The van der Waals surface area contributed by atoms with Gasteiger partial charge in [-0.3, -0.25) is 0 Å². The van der Waals surface area contributed by atoms with Crippen LogP contribution in [0.5, 0.6) is 5.75 Å². The molecule has 1 fully saturated rings. The molecule has 2 rings (SSSR count). The lowest BCUT2D eigenvalue weighted by Crippen LogP contribution is -2.42. The third-order valence-corrected chi connectivity index (χ3v) is 3.73. The third kappa shape index (κ3) is 3.48. The van der Waals surface area contributed by atoms with Crippen molar-refractivity contribution in [3.05, 3.63) is 29.8 Å². The standard InChI is InChI=1S/C16H25NO2/c1-17(2)12-15(13-6-8-14(18)9-7-13)16(19)10-4-3-5-11-16/h6-9,15,18-19H,3-5,10-12H2,1-2H3/i8D,9D,12D2. The second-order valence-corrected chi connectivity index (χ2v) is 5.55. The summed E-state index contributed by atoms with van der Waals surface area (Å²) in [5.41, 5.74) is -0.831. The van der Waals surface area contributed by atoms with Gasteiger partial charge in [0.05, 0.1) is 8.34 Å². The van der Waals surface area contributed by atoms with E-state index < -0.39 is 23.8 Å². The molecule has 0 aromatic heterocycles. The third-order valence-electron chi connectivity index (χ3n) is 3.73. The minimum Gasteiger partial charge on any atom is -0.508 e. The highest BCUT2D eigenvalue weighted by atomic mass is 16.3. The average Bonchev–Trinajstić information content (AvgIpc) is 2.44. The largest absolute Gasteiger partial charge is 0.508 e. The fourth-order valence-corrected chi connectivity index (χ4v) is 2.77. The Kier molecular flexibility index (Phi) is 3.05. The van der Waals surface area contributed by atoms with Crippen LogP contribution in [0.2, 0.25) is 0 Å². The van der Waals surface area contributed by atoms with Crippen molar-refractivity contribution in [2.75, 3.05) is 20.6 Å². The molecule has 1 aliphatic rings. The lowest BCUT2D eigenvalue weighted by Gasteiger charge is -2.40. The quantitative estimate of drug-likeness (QED) is 0.881. The van der Waals surface area contributed by atoms with Crippen molar-refractivity contribution in [1.29, 1.82) is 0 Å². The van der Waals surface area contributed by atoms with Gasteiger partial charge in [-0.2, -0.15) is 0 Å². The zero-order valence-electron chi connectivity index (χ0n) is 15.6. The van der Waals surface area contributed by atoms with E-state index in [0.29, 0.717) is 18.4 Å². The van der Waals surface area contributed by atoms with Gasteiger partial charge in [0.25, 0.3) is 0 Å². The molecule has 1 aromatic carbocycles. The molecule has 1 aromatic rings. The van der Waals surface area contributed by atoms with E-state index >= 15 is 0 Å². The number of aromatic hydroxyl groups is 1. The zero-order valence-corrected chi connectivity index (χ0v) is 11.6. The van der Waals surface area contributed by atoms with E-state index in [0.717, 1.165) is 19.3 Å². The lowest BCUT2D eigenvalue weighted by atomic mass is 9.72. The SMILES string of the molecule is [2H]c1cc(C(C2(O)CCCCC2)C([2H])([2H])N(C)C)cc([2H])c1O. The van der Waals surface area contributed by atoms with Crippen LogP contribution < -0.4 is 0 Å². The zero-order chi connectivity index (χ0) is 17.4. The molecule has 0 amide bonds. The summed E-state index contributed by atoms with van der Waals surface area (Å²) < 4.78 is 32.6. The molecule has 106 valence electrons. The molecule has 3 nitrogen and oxygen atoms in total. The molecule has 1 atom stereocenters. The first-order valence-electron chi connectivity index (χ1n) is 8.79. The van der Waals surface area contributed by atoms with Gasteiger partial charge in [-0.1, -0.05) is 31.4 Å². The molecule has 0 aliphatic heterocycles. The Morgan fingerprint density at radius 3 is 2.42 bits per heavy atom. The van der Waals surface area contributed by atoms with Crippen molar-refractivity contribution in [3.63, 3.8) is 0 Å². The van der Waals surface area contributed by atoms with Crippen molar-refractivity contribution in [1.82, 2.24) is 4.90 Å². The number of aliphatic hydroxyl groups is 1. The monoisotopic (exact) mass is 267 g/mol. The van der Waals surface area contributed by atoms with E-state index in [2.05, 4.69) is 0 Å². The van der Waals surface area contributed by atoms with E-state index in [4.69, 9.17) is 5.48 Å². The van der Waals surface area contributed by atoms with Gasteiger partial charge in [-0.05, 0) is 44.6 Å². The number of phenols is 1. The minimum absolute atomic E-state index is 0.216. The predicted molar refractivity (Wildman–Crippen MR) is 77.4 cm³/mol. The van der Waals surface area contributed by atoms with E-state index in [1.54, 1.807) is 14.1 Å². The molecule has 0 spiro atoms. The lowest BCUT2D eigenvalue weighted by molar-refractivity contribution is -0.0277. The Hall–Kier alpha value is -1.06. The smallest absolute Gasteiger partial charge is 0.115 e. The van der Waals surface area contributed by atoms with Gasteiger partial charge in [-0.15, -0.1) is 0 Å². The summed E-state index contributed by atoms with van der Waals surface area (Å²) in [6.45, 7) is -1.85. The first-order valence-corrected chi connectivity index (χ1v) is 6.79. The molecule has 0 saturated heterocycles. The molecule has 2 N–H and O–H groups in total. The second-order valence-electron chi connectivity index (χ2n) is 5.55. The van der Waals surface area contributed by atoms with Crippen LogP contribution in [-0.4, -0.2) is 41.3 Å². The minimum atomic E-state index is -1.85. The van der Waals surface area contributed by atoms with Crippen LogP contribution >= 0.6 is 0 Å². The summed E-state index contributed by atoms with van der Waals surface area (Å²) in [5.74, 6) is -1.31. The Balaban J connectivity index is 2.58. The van der Waals surface area contributed by atoms with Crippen molar-refractivity contribution >= 4 is 0 Å². The molecule has 1 saturated carbocycles. The molecule has 1 unspecified atom stereocenters.